The van der Waals surface area contributed by atoms with Crippen LogP contribution >= 0.6 is 0 Å². The van der Waals surface area contributed by atoms with Crippen LogP contribution in [0.25, 0.3) is 22.2 Å². The van der Waals surface area contributed by atoms with Crippen LogP contribution in [0, 0.1) is 10.1 Å². The number of nitro groups is 1. The number of ether oxygens (including phenoxy) is 2. The van der Waals surface area contributed by atoms with Gasteiger partial charge in [-0.15, -0.1) is 0 Å². The highest BCUT2D eigenvalue weighted by molar-refractivity contribution is 5.92. The fourth-order valence-corrected chi connectivity index (χ4v) is 2.67. The van der Waals surface area contributed by atoms with Crippen molar-refractivity contribution in [3.63, 3.8) is 0 Å². The van der Waals surface area contributed by atoms with Crippen LogP contribution in [-0.4, -0.2) is 30.4 Å². The number of nitrogens with zero attached hydrogens (tertiary/aromatic N) is 1. The average Bonchev–Trinajstić information content (AvgIpc) is 3.02. The predicted octanol–water partition coefficient (Wildman–Crippen LogP) is 3.57. The monoisotopic (exact) mass is 326 g/mol. The number of fused-ring (bicyclic) bond motifs is 1. The van der Waals surface area contributed by atoms with E-state index in [-0.39, 0.29) is 17.0 Å². The Labute approximate surface area is 137 Å². The molecule has 0 unspecified atom stereocenters. The van der Waals surface area contributed by atoms with Crippen LogP contribution < -0.4 is 9.47 Å². The minimum atomic E-state index is -0.613. The Morgan fingerprint density at radius 1 is 1.12 bits per heavy atom. The van der Waals surface area contributed by atoms with Gasteiger partial charge in [0.15, 0.2) is 6.29 Å². The predicted molar refractivity (Wildman–Crippen MR) is 88.9 cm³/mol. The Bertz CT molecular complexity index is 946. The molecule has 0 spiro atoms. The third-order valence-corrected chi connectivity index (χ3v) is 3.79. The van der Waals surface area contributed by atoms with E-state index in [0.29, 0.717) is 23.3 Å². The number of nitrogens with one attached hydrogen (secondary N) is 1. The maximum atomic E-state index is 11.3. The molecule has 1 N–H and O–H groups in total. The zero-order chi connectivity index (χ0) is 17.3. The number of carbonyl (C=O) groups is 1. The number of methoxy groups -OCH3 is 2. The van der Waals surface area contributed by atoms with Crippen LogP contribution in [0.1, 0.15) is 10.4 Å². The lowest BCUT2D eigenvalue weighted by Gasteiger charge is -2.08. The molecule has 0 saturated carbocycles. The maximum absolute atomic E-state index is 11.3. The second-order valence-electron chi connectivity index (χ2n) is 5.10. The summed E-state index contributed by atoms with van der Waals surface area (Å²) in [4.78, 5) is 25.0. The maximum Gasteiger partial charge on any atom is 0.322 e. The first-order valence-electron chi connectivity index (χ1n) is 7.06. The summed E-state index contributed by atoms with van der Waals surface area (Å²) in [6.07, 6.45) is 0.445. The lowest BCUT2D eigenvalue weighted by molar-refractivity contribution is -0.385. The molecule has 7 nitrogen and oxygen atoms in total. The summed E-state index contributed by atoms with van der Waals surface area (Å²) in [7, 11) is 2.92. The molecule has 0 aliphatic carbocycles. The first-order chi connectivity index (χ1) is 11.6. The van der Waals surface area contributed by atoms with Crippen LogP contribution in [0.15, 0.2) is 36.4 Å². The molecule has 0 amide bonds. The first-order valence-corrected chi connectivity index (χ1v) is 7.06. The van der Waals surface area contributed by atoms with Crippen LogP contribution in [0.5, 0.6) is 11.5 Å². The van der Waals surface area contributed by atoms with Crippen molar-refractivity contribution in [1.29, 1.82) is 0 Å². The van der Waals surface area contributed by atoms with Crippen LogP contribution in [0.4, 0.5) is 5.69 Å². The number of carbonyl (C=O) groups excluding carboxylic acids is 1. The van der Waals surface area contributed by atoms with Gasteiger partial charge in [-0.2, -0.15) is 0 Å². The zero-order valence-corrected chi connectivity index (χ0v) is 13.0. The highest BCUT2D eigenvalue weighted by Gasteiger charge is 2.25. The molecule has 0 bridgehead atoms. The van der Waals surface area contributed by atoms with E-state index in [1.165, 1.54) is 13.2 Å². The topological polar surface area (TPSA) is 94.5 Å². The minimum absolute atomic E-state index is 0.0293. The Morgan fingerprint density at radius 2 is 1.92 bits per heavy atom. The average molecular weight is 326 g/mol. The van der Waals surface area contributed by atoms with Crippen LogP contribution in [0.2, 0.25) is 0 Å². The van der Waals surface area contributed by atoms with Crippen molar-refractivity contribution < 1.29 is 19.2 Å². The molecule has 0 aliphatic heterocycles. The molecule has 24 heavy (non-hydrogen) atoms. The van der Waals surface area contributed by atoms with Gasteiger partial charge in [-0.25, -0.2) is 0 Å². The quantitative estimate of drug-likeness (QED) is 0.439. The fourth-order valence-electron chi connectivity index (χ4n) is 2.67. The normalized spacial score (nSPS) is 10.6. The summed E-state index contributed by atoms with van der Waals surface area (Å²) in [5.74, 6) is 0.755. The smallest absolute Gasteiger partial charge is 0.322 e. The molecule has 3 aromatic rings. The van der Waals surface area contributed by atoms with Crippen molar-refractivity contribution in [3.8, 4) is 22.8 Å². The standard InChI is InChI=1S/C17H14N2O5/c1-23-12-4-6-14-11(7-12)8-15(18-14)13-5-3-10(9-20)16(19(21)22)17(13)24-2/h3-9,18H,1-2H3. The third-order valence-electron chi connectivity index (χ3n) is 3.79. The van der Waals surface area contributed by atoms with Crippen molar-refractivity contribution in [3.05, 3.63) is 52.1 Å². The largest absolute Gasteiger partial charge is 0.497 e. The molecule has 7 heteroatoms. The summed E-state index contributed by atoms with van der Waals surface area (Å²) in [6.45, 7) is 0. The van der Waals surface area contributed by atoms with E-state index in [0.717, 1.165) is 10.9 Å². The van der Waals surface area contributed by atoms with Gasteiger partial charge in [-0.3, -0.25) is 14.9 Å². The Balaban J connectivity index is 2.24. The molecule has 0 fully saturated rings. The second kappa shape index (κ2) is 6.04. The van der Waals surface area contributed by atoms with Crippen molar-refractivity contribution in [2.75, 3.05) is 14.2 Å². The molecular formula is C17H14N2O5. The number of rotatable bonds is 5. The molecule has 122 valence electrons. The van der Waals surface area contributed by atoms with Crippen LogP contribution in [-0.2, 0) is 0 Å². The minimum Gasteiger partial charge on any atom is -0.497 e. The zero-order valence-electron chi connectivity index (χ0n) is 13.0. The number of hydrogen-bond donors (Lipinski definition) is 1. The van der Waals surface area contributed by atoms with E-state index < -0.39 is 4.92 Å². The van der Waals surface area contributed by atoms with Crippen molar-refractivity contribution in [2.45, 2.75) is 0 Å². The fraction of sp³-hybridized carbons (Fsp3) is 0.118. The van der Waals surface area contributed by atoms with E-state index in [1.54, 1.807) is 13.2 Å². The van der Waals surface area contributed by atoms with Gasteiger partial charge in [0.25, 0.3) is 0 Å². The van der Waals surface area contributed by atoms with E-state index in [2.05, 4.69) is 4.98 Å². The van der Waals surface area contributed by atoms with Gasteiger partial charge >= 0.3 is 5.69 Å². The van der Waals surface area contributed by atoms with Gasteiger partial charge < -0.3 is 14.5 Å². The SMILES string of the molecule is COc1ccc2[nH]c(-c3ccc(C=O)c([N+](=O)[O-])c3OC)cc2c1. The molecule has 0 radical (unpaired) electrons. The van der Waals surface area contributed by atoms with Crippen molar-refractivity contribution >= 4 is 22.9 Å². The van der Waals surface area contributed by atoms with Gasteiger partial charge in [0.2, 0.25) is 5.75 Å². The number of H-pyrrole nitrogens is 1. The number of aromatic nitrogens is 1. The number of aromatic amines is 1. The number of hydrogen-bond acceptors (Lipinski definition) is 5. The van der Waals surface area contributed by atoms with E-state index >= 15 is 0 Å². The van der Waals surface area contributed by atoms with Gasteiger partial charge in [0.05, 0.1) is 30.4 Å². The van der Waals surface area contributed by atoms with Crippen molar-refractivity contribution in [2.24, 2.45) is 0 Å². The van der Waals surface area contributed by atoms with Crippen LogP contribution in [0.3, 0.4) is 0 Å². The third kappa shape index (κ3) is 2.45. The summed E-state index contributed by atoms with van der Waals surface area (Å²) in [5, 5.41) is 12.2. The molecule has 0 aliphatic rings. The first kappa shape index (κ1) is 15.5. The number of aldehydes is 1. The molecule has 2 aromatic carbocycles. The summed E-state index contributed by atoms with van der Waals surface area (Å²) < 4.78 is 10.4. The van der Waals surface area contributed by atoms with Gasteiger partial charge in [-0.1, -0.05) is 0 Å². The van der Waals surface area contributed by atoms with Gasteiger partial charge in [0.1, 0.15) is 5.75 Å². The molecule has 3 rings (SSSR count). The van der Waals surface area contributed by atoms with Gasteiger partial charge in [-0.05, 0) is 36.4 Å². The highest BCUT2D eigenvalue weighted by atomic mass is 16.6. The van der Waals surface area contributed by atoms with E-state index in [9.17, 15) is 14.9 Å². The lowest BCUT2D eigenvalue weighted by Crippen LogP contribution is -2.00. The summed E-state index contributed by atoms with van der Waals surface area (Å²) in [5.41, 5.74) is 1.63. The summed E-state index contributed by atoms with van der Waals surface area (Å²) >= 11 is 0. The summed E-state index contributed by atoms with van der Waals surface area (Å²) in [6, 6.07) is 10.4. The Hall–Kier alpha value is -3.35. The number of benzene rings is 2. The molecule has 0 atom stereocenters. The lowest BCUT2D eigenvalue weighted by atomic mass is 10.1. The highest BCUT2D eigenvalue weighted by Crippen LogP contribution is 2.40. The molecule has 1 heterocycles. The molecular weight excluding hydrogens is 312 g/mol. The molecule has 1 aromatic heterocycles. The number of nitro benzene ring substituents is 1. The van der Waals surface area contributed by atoms with Gasteiger partial charge in [0, 0.05) is 16.5 Å². The van der Waals surface area contributed by atoms with E-state index in [4.69, 9.17) is 9.47 Å². The Morgan fingerprint density at radius 3 is 2.54 bits per heavy atom. The van der Waals surface area contributed by atoms with E-state index in [1.807, 2.05) is 24.3 Å². The molecule has 0 saturated heterocycles. The Kier molecular flexibility index (Phi) is 3.91. The van der Waals surface area contributed by atoms with Crippen molar-refractivity contribution in [1.82, 2.24) is 4.98 Å². The second-order valence-corrected chi connectivity index (χ2v) is 5.10.